The summed E-state index contributed by atoms with van der Waals surface area (Å²) in [4.78, 5) is 59.7. The third-order valence-electron chi connectivity index (χ3n) is 5.78. The molecule has 0 radical (unpaired) electrons. The van der Waals surface area contributed by atoms with Crippen LogP contribution in [-0.2, 0) is 28.7 Å². The van der Waals surface area contributed by atoms with Crippen LogP contribution in [0.15, 0.2) is 24.3 Å². The van der Waals surface area contributed by atoms with Crippen LogP contribution in [0, 0.1) is 6.92 Å². The van der Waals surface area contributed by atoms with Crippen LogP contribution in [0.1, 0.15) is 80.6 Å². The van der Waals surface area contributed by atoms with Crippen molar-refractivity contribution in [3.63, 3.8) is 0 Å². The highest BCUT2D eigenvalue weighted by molar-refractivity contribution is 5.94. The molecule has 0 aliphatic heterocycles. The molecule has 0 aromatic heterocycles. The number of hydrogen-bond donors (Lipinski definition) is 3. The number of carbonyl (C=O) groups excluding carboxylic acids is 5. The Bertz CT molecular complexity index is 887. The molecule has 3 amide bonds. The molecular weight excluding hydrogens is 502 g/mol. The second kappa shape index (κ2) is 21.8. The molecule has 0 saturated carbocycles. The molecule has 0 spiro atoms. The number of ether oxygens (including phenoxy) is 2. The number of nitrogens with one attached hydrogen (secondary N) is 3. The lowest BCUT2D eigenvalue weighted by molar-refractivity contribution is -0.128. The van der Waals surface area contributed by atoms with Gasteiger partial charge in [-0.3, -0.25) is 24.0 Å². The maximum atomic E-state index is 12.0. The van der Waals surface area contributed by atoms with Crippen LogP contribution in [0.5, 0.6) is 0 Å². The first-order valence-corrected chi connectivity index (χ1v) is 13.9. The van der Waals surface area contributed by atoms with E-state index in [1.807, 2.05) is 19.1 Å². The van der Waals surface area contributed by atoms with E-state index in [-0.39, 0.29) is 61.5 Å². The molecule has 218 valence electrons. The van der Waals surface area contributed by atoms with Crippen LogP contribution in [0.25, 0.3) is 0 Å². The van der Waals surface area contributed by atoms with Crippen molar-refractivity contribution in [1.82, 2.24) is 16.0 Å². The van der Waals surface area contributed by atoms with Crippen molar-refractivity contribution in [2.75, 3.05) is 46.1 Å². The van der Waals surface area contributed by atoms with Crippen molar-refractivity contribution in [2.24, 2.45) is 0 Å². The van der Waals surface area contributed by atoms with Gasteiger partial charge in [0, 0.05) is 64.0 Å². The monoisotopic (exact) mass is 547 g/mol. The topological polar surface area (TPSA) is 140 Å². The zero-order valence-electron chi connectivity index (χ0n) is 23.5. The van der Waals surface area contributed by atoms with Gasteiger partial charge in [-0.05, 0) is 38.3 Å². The SMILES string of the molecule is CCCCOCCOCCCC(=O)CCC(=O)NCC(=O)CCC(=O)NCCCNC(=O)c1ccc(C)cc1. The zero-order valence-corrected chi connectivity index (χ0v) is 23.5. The Morgan fingerprint density at radius 3 is 1.90 bits per heavy atom. The van der Waals surface area contributed by atoms with E-state index in [1.54, 1.807) is 12.1 Å². The van der Waals surface area contributed by atoms with Crippen molar-refractivity contribution in [1.29, 1.82) is 0 Å². The molecule has 0 heterocycles. The minimum absolute atomic E-state index is 0.0127. The molecule has 1 aromatic carbocycles. The Morgan fingerprint density at radius 1 is 0.641 bits per heavy atom. The van der Waals surface area contributed by atoms with E-state index < -0.39 is 0 Å². The van der Waals surface area contributed by atoms with Crippen molar-refractivity contribution in [2.45, 2.75) is 71.6 Å². The number of aryl methyl sites for hydroxylation is 1. The summed E-state index contributed by atoms with van der Waals surface area (Å²) >= 11 is 0. The third-order valence-corrected chi connectivity index (χ3v) is 5.78. The van der Waals surface area contributed by atoms with Gasteiger partial charge in [0.25, 0.3) is 5.91 Å². The average molecular weight is 548 g/mol. The van der Waals surface area contributed by atoms with Crippen LogP contribution in [0.4, 0.5) is 0 Å². The van der Waals surface area contributed by atoms with Gasteiger partial charge in [-0.2, -0.15) is 0 Å². The number of hydrogen-bond acceptors (Lipinski definition) is 7. The predicted molar refractivity (Wildman–Crippen MR) is 148 cm³/mol. The van der Waals surface area contributed by atoms with E-state index in [0.717, 1.165) is 25.0 Å². The molecule has 10 nitrogen and oxygen atoms in total. The van der Waals surface area contributed by atoms with Gasteiger partial charge < -0.3 is 25.4 Å². The Kier molecular flexibility index (Phi) is 18.9. The molecule has 0 aliphatic rings. The summed E-state index contributed by atoms with van der Waals surface area (Å²) in [6.07, 6.45) is 3.81. The molecule has 0 fully saturated rings. The van der Waals surface area contributed by atoms with Gasteiger partial charge in [0.05, 0.1) is 19.8 Å². The molecule has 0 saturated heterocycles. The van der Waals surface area contributed by atoms with Crippen LogP contribution in [-0.4, -0.2) is 75.3 Å². The van der Waals surface area contributed by atoms with Crippen LogP contribution < -0.4 is 16.0 Å². The van der Waals surface area contributed by atoms with Crippen molar-refractivity contribution in [3.05, 3.63) is 35.4 Å². The zero-order chi connectivity index (χ0) is 28.7. The van der Waals surface area contributed by atoms with Gasteiger partial charge in [0.2, 0.25) is 11.8 Å². The average Bonchev–Trinajstić information content (AvgIpc) is 2.93. The second-order valence-electron chi connectivity index (χ2n) is 9.36. The fraction of sp³-hybridized carbons (Fsp3) is 0.621. The number of amides is 3. The summed E-state index contributed by atoms with van der Waals surface area (Å²) in [6, 6.07) is 7.26. The molecule has 39 heavy (non-hydrogen) atoms. The van der Waals surface area contributed by atoms with Crippen molar-refractivity contribution < 1.29 is 33.4 Å². The number of unbranched alkanes of at least 4 members (excludes halogenated alkanes) is 1. The first kappa shape index (κ1) is 33.9. The van der Waals surface area contributed by atoms with Crippen LogP contribution in [0.3, 0.4) is 0 Å². The van der Waals surface area contributed by atoms with Gasteiger partial charge in [0.15, 0.2) is 5.78 Å². The summed E-state index contributed by atoms with van der Waals surface area (Å²) in [5.41, 5.74) is 1.66. The van der Waals surface area contributed by atoms with Gasteiger partial charge in [-0.1, -0.05) is 31.0 Å². The van der Waals surface area contributed by atoms with E-state index >= 15 is 0 Å². The molecule has 10 heteroatoms. The summed E-state index contributed by atoms with van der Waals surface area (Å²) in [5.74, 6) is -1.08. The normalized spacial score (nSPS) is 10.6. The second-order valence-corrected chi connectivity index (χ2v) is 9.36. The first-order chi connectivity index (χ1) is 18.8. The molecule has 3 N–H and O–H groups in total. The molecule has 1 rings (SSSR count). The lowest BCUT2D eigenvalue weighted by Gasteiger charge is -2.08. The molecule has 0 aliphatic carbocycles. The van der Waals surface area contributed by atoms with E-state index in [4.69, 9.17) is 9.47 Å². The maximum absolute atomic E-state index is 12.0. The maximum Gasteiger partial charge on any atom is 0.251 e. The van der Waals surface area contributed by atoms with E-state index in [0.29, 0.717) is 57.7 Å². The Labute approximate surface area is 232 Å². The largest absolute Gasteiger partial charge is 0.379 e. The fourth-order valence-electron chi connectivity index (χ4n) is 3.36. The summed E-state index contributed by atoms with van der Waals surface area (Å²) in [7, 11) is 0. The van der Waals surface area contributed by atoms with Crippen LogP contribution >= 0.6 is 0 Å². The van der Waals surface area contributed by atoms with Gasteiger partial charge in [-0.25, -0.2) is 0 Å². The number of rotatable bonds is 23. The predicted octanol–water partition coefficient (Wildman–Crippen LogP) is 2.66. The van der Waals surface area contributed by atoms with Gasteiger partial charge in [0.1, 0.15) is 5.78 Å². The molecule has 0 unspecified atom stereocenters. The van der Waals surface area contributed by atoms with Crippen LogP contribution in [0.2, 0.25) is 0 Å². The highest BCUT2D eigenvalue weighted by Crippen LogP contribution is 2.03. The summed E-state index contributed by atoms with van der Waals surface area (Å²) in [6.45, 7) is 6.95. The molecule has 1 aromatic rings. The van der Waals surface area contributed by atoms with Gasteiger partial charge in [-0.15, -0.1) is 0 Å². The van der Waals surface area contributed by atoms with E-state index in [1.165, 1.54) is 0 Å². The number of Topliss-reactive ketones (excluding diaryl/α,β-unsaturated/α-hetero) is 2. The standard InChI is InChI=1S/C29H45N3O7/c1-3-4-18-38-20-21-39-19-5-7-25(33)12-14-28(36)32-22-26(34)13-15-27(35)30-16-6-17-31-29(37)24-10-8-23(2)9-11-24/h8-11H,3-7,12-22H2,1-2H3,(H,30,35)(H,31,37)(H,32,36). The highest BCUT2D eigenvalue weighted by Gasteiger charge is 2.11. The quantitative estimate of drug-likeness (QED) is 0.179. The van der Waals surface area contributed by atoms with Crippen molar-refractivity contribution >= 4 is 29.3 Å². The third kappa shape index (κ3) is 18.7. The molecular formula is C29H45N3O7. The molecule has 0 atom stereocenters. The van der Waals surface area contributed by atoms with E-state index in [2.05, 4.69) is 22.9 Å². The Hall–Kier alpha value is -3.11. The first-order valence-electron chi connectivity index (χ1n) is 13.9. The lowest BCUT2D eigenvalue weighted by atomic mass is 10.1. The minimum Gasteiger partial charge on any atom is -0.379 e. The number of ketones is 2. The smallest absolute Gasteiger partial charge is 0.251 e. The minimum atomic E-state index is -0.366. The summed E-state index contributed by atoms with van der Waals surface area (Å²) < 4.78 is 10.8. The van der Waals surface area contributed by atoms with E-state index in [9.17, 15) is 24.0 Å². The molecule has 0 bridgehead atoms. The highest BCUT2D eigenvalue weighted by atomic mass is 16.5. The fourth-order valence-corrected chi connectivity index (χ4v) is 3.36. The van der Waals surface area contributed by atoms with Gasteiger partial charge >= 0.3 is 0 Å². The number of carbonyl (C=O) groups is 5. The lowest BCUT2D eigenvalue weighted by Crippen LogP contribution is -2.32. The number of benzene rings is 1. The summed E-state index contributed by atoms with van der Waals surface area (Å²) in [5, 5.41) is 8.01. The van der Waals surface area contributed by atoms with Crippen molar-refractivity contribution in [3.8, 4) is 0 Å². The Morgan fingerprint density at radius 2 is 1.23 bits per heavy atom. The Balaban J connectivity index is 1.98.